The van der Waals surface area contributed by atoms with Crippen molar-refractivity contribution in [3.05, 3.63) is 96.3 Å². The molecule has 0 bridgehead atoms. The highest BCUT2D eigenvalue weighted by Crippen LogP contribution is 2.28. The minimum atomic E-state index is -0.378. The molecule has 0 aliphatic carbocycles. The Kier molecular flexibility index (Phi) is 3.87. The largest absolute Gasteiger partial charge is 0.451 e. The zero-order chi connectivity index (χ0) is 18.9. The normalized spacial score (nSPS) is 11.6. The number of hydrazone groups is 1. The lowest BCUT2D eigenvalue weighted by Crippen LogP contribution is -2.16. The van der Waals surface area contributed by atoms with Gasteiger partial charge in [0.05, 0.1) is 6.21 Å². The van der Waals surface area contributed by atoms with Crippen LogP contribution < -0.4 is 5.43 Å². The molecule has 0 unspecified atom stereocenters. The van der Waals surface area contributed by atoms with Gasteiger partial charge in [0.1, 0.15) is 5.58 Å². The molecule has 0 radical (unpaired) electrons. The third-order valence-corrected chi connectivity index (χ3v) is 4.84. The molecule has 4 aromatic carbocycles. The van der Waals surface area contributed by atoms with Crippen LogP contribution in [0.1, 0.15) is 16.1 Å². The van der Waals surface area contributed by atoms with Gasteiger partial charge in [0.15, 0.2) is 5.76 Å². The van der Waals surface area contributed by atoms with Crippen LogP contribution >= 0.6 is 0 Å². The highest BCUT2D eigenvalue weighted by atomic mass is 16.3. The quantitative estimate of drug-likeness (QED) is 0.339. The van der Waals surface area contributed by atoms with E-state index in [0.29, 0.717) is 5.58 Å². The number of nitrogens with one attached hydrogen (secondary N) is 1. The van der Waals surface area contributed by atoms with Crippen LogP contribution in [0.5, 0.6) is 0 Å². The van der Waals surface area contributed by atoms with Crippen LogP contribution in [0.25, 0.3) is 32.5 Å². The Balaban J connectivity index is 1.42. The number of rotatable bonds is 3. The predicted molar refractivity (Wildman–Crippen MR) is 113 cm³/mol. The van der Waals surface area contributed by atoms with E-state index in [-0.39, 0.29) is 11.7 Å². The number of carbonyl (C=O) groups excluding carboxylic acids is 1. The monoisotopic (exact) mass is 364 g/mol. The van der Waals surface area contributed by atoms with E-state index in [1.807, 2.05) is 78.9 Å². The van der Waals surface area contributed by atoms with Gasteiger partial charge in [-0.2, -0.15) is 5.10 Å². The van der Waals surface area contributed by atoms with Gasteiger partial charge in [-0.05, 0) is 33.7 Å². The zero-order valence-electron chi connectivity index (χ0n) is 14.9. The van der Waals surface area contributed by atoms with E-state index in [9.17, 15) is 4.79 Å². The van der Waals surface area contributed by atoms with Crippen LogP contribution in [-0.4, -0.2) is 12.1 Å². The molecule has 1 aromatic heterocycles. The van der Waals surface area contributed by atoms with Crippen molar-refractivity contribution in [1.82, 2.24) is 5.43 Å². The first-order chi connectivity index (χ1) is 13.8. The van der Waals surface area contributed by atoms with Crippen molar-refractivity contribution in [1.29, 1.82) is 0 Å². The second-order valence-corrected chi connectivity index (χ2v) is 6.58. The lowest BCUT2D eigenvalue weighted by atomic mass is 10.1. The SMILES string of the molecule is O=C(N/N=C\c1cccc2ccccc12)c1cc2c(ccc3ccccc32)o1. The average molecular weight is 364 g/mol. The van der Waals surface area contributed by atoms with Crippen molar-refractivity contribution in [2.24, 2.45) is 5.10 Å². The van der Waals surface area contributed by atoms with Crippen LogP contribution in [0.15, 0.2) is 94.4 Å². The van der Waals surface area contributed by atoms with Crippen molar-refractivity contribution < 1.29 is 9.21 Å². The number of furan rings is 1. The number of nitrogens with zero attached hydrogens (tertiary/aromatic N) is 1. The smallest absolute Gasteiger partial charge is 0.307 e. The zero-order valence-corrected chi connectivity index (χ0v) is 14.9. The van der Waals surface area contributed by atoms with E-state index in [1.54, 1.807) is 12.3 Å². The molecule has 5 rings (SSSR count). The fraction of sp³-hybridized carbons (Fsp3) is 0. The van der Waals surface area contributed by atoms with E-state index < -0.39 is 0 Å². The Labute approximate surface area is 161 Å². The van der Waals surface area contributed by atoms with Gasteiger partial charge in [-0.25, -0.2) is 5.43 Å². The highest BCUT2D eigenvalue weighted by Gasteiger charge is 2.13. The van der Waals surface area contributed by atoms with Crippen LogP contribution in [0, 0.1) is 0 Å². The van der Waals surface area contributed by atoms with Gasteiger partial charge < -0.3 is 4.42 Å². The molecule has 0 atom stereocenters. The lowest BCUT2D eigenvalue weighted by molar-refractivity contribution is 0.0929. The van der Waals surface area contributed by atoms with Gasteiger partial charge in [0, 0.05) is 10.9 Å². The Morgan fingerprint density at radius 2 is 1.50 bits per heavy atom. The summed E-state index contributed by atoms with van der Waals surface area (Å²) in [5, 5.41) is 9.41. The Morgan fingerprint density at radius 1 is 0.786 bits per heavy atom. The van der Waals surface area contributed by atoms with Crippen molar-refractivity contribution >= 4 is 44.6 Å². The molecule has 5 aromatic rings. The van der Waals surface area contributed by atoms with Gasteiger partial charge in [0.25, 0.3) is 0 Å². The molecule has 0 aliphatic heterocycles. The average Bonchev–Trinajstić information content (AvgIpc) is 3.19. The molecule has 4 heteroatoms. The molecular formula is C24H16N2O2. The maximum atomic E-state index is 12.5. The molecule has 1 heterocycles. The lowest BCUT2D eigenvalue weighted by Gasteiger charge is -2.01. The molecule has 1 N–H and O–H groups in total. The summed E-state index contributed by atoms with van der Waals surface area (Å²) in [6, 6.07) is 27.7. The number of amides is 1. The summed E-state index contributed by atoms with van der Waals surface area (Å²) in [6.45, 7) is 0. The molecule has 0 aliphatic rings. The number of carbonyl (C=O) groups is 1. The van der Waals surface area contributed by atoms with E-state index in [0.717, 1.165) is 32.5 Å². The summed E-state index contributed by atoms with van der Waals surface area (Å²) in [4.78, 5) is 12.5. The maximum Gasteiger partial charge on any atom is 0.307 e. The second-order valence-electron chi connectivity index (χ2n) is 6.58. The second kappa shape index (κ2) is 6.67. The first-order valence-corrected chi connectivity index (χ1v) is 9.02. The third kappa shape index (κ3) is 2.81. The van der Waals surface area contributed by atoms with Gasteiger partial charge in [-0.3, -0.25) is 4.79 Å². The summed E-state index contributed by atoms with van der Waals surface area (Å²) < 4.78 is 5.73. The standard InChI is InChI=1S/C24H16N2O2/c27-24(26-25-15-18-9-5-8-16-6-1-3-10-19(16)18)23-14-21-20-11-4-2-7-17(20)12-13-22(21)28-23/h1-15H,(H,26,27)/b25-15-. The molecule has 0 spiro atoms. The predicted octanol–water partition coefficient (Wildman–Crippen LogP) is 5.50. The fourth-order valence-corrected chi connectivity index (χ4v) is 3.48. The first kappa shape index (κ1) is 16.3. The van der Waals surface area contributed by atoms with Crippen LogP contribution in [0.3, 0.4) is 0 Å². The molecule has 134 valence electrons. The third-order valence-electron chi connectivity index (χ3n) is 4.84. The van der Waals surface area contributed by atoms with Crippen molar-refractivity contribution in [3.63, 3.8) is 0 Å². The number of benzene rings is 4. The van der Waals surface area contributed by atoms with Crippen LogP contribution in [0.2, 0.25) is 0 Å². The molecule has 1 amide bonds. The fourth-order valence-electron chi connectivity index (χ4n) is 3.48. The number of fused-ring (bicyclic) bond motifs is 4. The molecule has 4 nitrogen and oxygen atoms in total. The van der Waals surface area contributed by atoms with Crippen molar-refractivity contribution in [3.8, 4) is 0 Å². The molecule has 28 heavy (non-hydrogen) atoms. The Hall–Kier alpha value is -3.92. The number of hydrogen-bond acceptors (Lipinski definition) is 3. The van der Waals surface area contributed by atoms with E-state index in [4.69, 9.17) is 4.42 Å². The summed E-state index contributed by atoms with van der Waals surface area (Å²) in [6.07, 6.45) is 1.65. The van der Waals surface area contributed by atoms with E-state index in [1.165, 1.54) is 0 Å². The summed E-state index contributed by atoms with van der Waals surface area (Å²) in [7, 11) is 0. The Bertz CT molecular complexity index is 1360. The molecule has 0 saturated heterocycles. The topological polar surface area (TPSA) is 54.6 Å². The molecule has 0 saturated carbocycles. The van der Waals surface area contributed by atoms with Gasteiger partial charge >= 0.3 is 5.91 Å². The van der Waals surface area contributed by atoms with Gasteiger partial charge in [-0.1, -0.05) is 72.8 Å². The summed E-state index contributed by atoms with van der Waals surface area (Å²) >= 11 is 0. The summed E-state index contributed by atoms with van der Waals surface area (Å²) in [5.74, 6) is -0.141. The van der Waals surface area contributed by atoms with E-state index in [2.05, 4.69) is 10.5 Å². The highest BCUT2D eigenvalue weighted by molar-refractivity contribution is 6.08. The number of hydrogen-bond donors (Lipinski definition) is 1. The van der Waals surface area contributed by atoms with Crippen LogP contribution in [0.4, 0.5) is 0 Å². The summed E-state index contributed by atoms with van der Waals surface area (Å²) in [5.41, 5.74) is 4.18. The van der Waals surface area contributed by atoms with Gasteiger partial charge in [-0.15, -0.1) is 0 Å². The minimum absolute atomic E-state index is 0.237. The van der Waals surface area contributed by atoms with Crippen molar-refractivity contribution in [2.45, 2.75) is 0 Å². The maximum absolute atomic E-state index is 12.5. The minimum Gasteiger partial charge on any atom is -0.451 e. The molecule has 0 fully saturated rings. The van der Waals surface area contributed by atoms with Crippen LogP contribution in [-0.2, 0) is 0 Å². The van der Waals surface area contributed by atoms with Crippen molar-refractivity contribution in [2.75, 3.05) is 0 Å². The molecular weight excluding hydrogens is 348 g/mol. The Morgan fingerprint density at radius 3 is 2.36 bits per heavy atom. The first-order valence-electron chi connectivity index (χ1n) is 9.02. The van der Waals surface area contributed by atoms with Gasteiger partial charge in [0.2, 0.25) is 0 Å². The van der Waals surface area contributed by atoms with E-state index >= 15 is 0 Å².